The molecule has 0 nitrogen and oxygen atoms in total. The van der Waals surface area contributed by atoms with Crippen LogP contribution in [0.4, 0.5) is 0 Å². The summed E-state index contributed by atoms with van der Waals surface area (Å²) in [7, 11) is 0. The van der Waals surface area contributed by atoms with Crippen LogP contribution in [0.5, 0.6) is 0 Å². The largest absolute Gasteiger partial charge is 0.0909 e. The van der Waals surface area contributed by atoms with Crippen LogP contribution in [0.25, 0.3) is 11.1 Å². The van der Waals surface area contributed by atoms with Crippen LogP contribution >= 0.6 is 0 Å². The smallest absolute Gasteiger partial charge is 0.00108 e. The van der Waals surface area contributed by atoms with Gasteiger partial charge in [-0.05, 0) is 46.8 Å². The summed E-state index contributed by atoms with van der Waals surface area (Å²) in [4.78, 5) is 0. The molecule has 0 atom stereocenters. The van der Waals surface area contributed by atoms with Gasteiger partial charge in [-0.3, -0.25) is 0 Å². The Balaban J connectivity index is 2.09. The van der Waals surface area contributed by atoms with Crippen LogP contribution in [0.2, 0.25) is 0 Å². The second-order valence-corrected chi connectivity index (χ2v) is 4.78. The average molecular weight is 232 g/mol. The van der Waals surface area contributed by atoms with Gasteiger partial charge in [0, 0.05) is 0 Å². The molecule has 0 N–H and O–H groups in total. The third-order valence-corrected chi connectivity index (χ3v) is 3.73. The van der Waals surface area contributed by atoms with Gasteiger partial charge < -0.3 is 0 Å². The molecule has 18 heavy (non-hydrogen) atoms. The Labute approximate surface area is 108 Å². The number of fused-ring (bicyclic) bond motifs is 1. The van der Waals surface area contributed by atoms with Crippen molar-refractivity contribution in [2.24, 2.45) is 0 Å². The Morgan fingerprint density at radius 1 is 0.944 bits per heavy atom. The summed E-state index contributed by atoms with van der Waals surface area (Å²) in [6.45, 7) is 6.46. The fourth-order valence-electron chi connectivity index (χ4n) is 2.65. The summed E-state index contributed by atoms with van der Waals surface area (Å²) in [6.07, 6.45) is 1.01. The highest BCUT2D eigenvalue weighted by Gasteiger charge is 2.20. The molecule has 2 aromatic rings. The molecule has 0 fully saturated rings. The van der Waals surface area contributed by atoms with E-state index in [9.17, 15) is 0 Å². The Bertz CT molecular complexity index is 630. The van der Waals surface area contributed by atoms with E-state index in [0.29, 0.717) is 0 Å². The normalized spacial score (nSPS) is 16.6. The van der Waals surface area contributed by atoms with Crippen molar-refractivity contribution in [3.05, 3.63) is 83.4 Å². The van der Waals surface area contributed by atoms with Crippen molar-refractivity contribution in [1.82, 2.24) is 0 Å². The van der Waals surface area contributed by atoms with Crippen molar-refractivity contribution in [2.45, 2.75) is 13.3 Å². The lowest BCUT2D eigenvalue weighted by Gasteiger charge is -2.07. The maximum atomic E-state index is 4.27. The second-order valence-electron chi connectivity index (χ2n) is 4.78. The fourth-order valence-corrected chi connectivity index (χ4v) is 2.65. The van der Waals surface area contributed by atoms with Crippen molar-refractivity contribution >= 4 is 11.1 Å². The van der Waals surface area contributed by atoms with Gasteiger partial charge in [0.25, 0.3) is 0 Å². The van der Waals surface area contributed by atoms with Gasteiger partial charge in [0.05, 0.1) is 0 Å². The minimum absolute atomic E-state index is 1.01. The van der Waals surface area contributed by atoms with Crippen molar-refractivity contribution in [3.8, 4) is 0 Å². The summed E-state index contributed by atoms with van der Waals surface area (Å²) in [5.74, 6) is 0. The van der Waals surface area contributed by atoms with Gasteiger partial charge in [-0.25, -0.2) is 0 Å². The zero-order valence-corrected chi connectivity index (χ0v) is 10.6. The van der Waals surface area contributed by atoms with E-state index in [1.807, 2.05) is 0 Å². The van der Waals surface area contributed by atoms with Crippen LogP contribution in [0, 0.1) is 0 Å². The lowest BCUT2D eigenvalue weighted by atomic mass is 9.97. The maximum absolute atomic E-state index is 4.27. The summed E-state index contributed by atoms with van der Waals surface area (Å²) < 4.78 is 0. The van der Waals surface area contributed by atoms with E-state index in [4.69, 9.17) is 0 Å². The third-order valence-electron chi connectivity index (χ3n) is 3.73. The number of rotatable bonds is 1. The molecule has 0 heterocycles. The molecule has 0 bridgehead atoms. The van der Waals surface area contributed by atoms with Gasteiger partial charge in [-0.15, -0.1) is 0 Å². The van der Waals surface area contributed by atoms with Gasteiger partial charge in [0.15, 0.2) is 0 Å². The van der Waals surface area contributed by atoms with E-state index in [0.717, 1.165) is 6.42 Å². The highest BCUT2D eigenvalue weighted by Crippen LogP contribution is 2.39. The molecular formula is C18H16. The molecule has 0 amide bonds. The standard InChI is InChI=1S/C18H16/c1-13(15-8-4-3-5-9-15)18-12-16-10-6-7-11-17(16)14(18)2/h3-11H,2,12H2,1H3/b18-13+. The van der Waals surface area contributed by atoms with Crippen molar-refractivity contribution in [3.63, 3.8) is 0 Å². The molecule has 0 saturated carbocycles. The van der Waals surface area contributed by atoms with Crippen LogP contribution in [0.3, 0.4) is 0 Å². The minimum atomic E-state index is 1.01. The van der Waals surface area contributed by atoms with Crippen LogP contribution in [-0.2, 0) is 6.42 Å². The molecule has 0 radical (unpaired) electrons. The summed E-state index contributed by atoms with van der Waals surface area (Å²) >= 11 is 0. The molecule has 0 aromatic heterocycles. The van der Waals surface area contributed by atoms with Gasteiger partial charge in [-0.1, -0.05) is 61.2 Å². The van der Waals surface area contributed by atoms with Gasteiger partial charge >= 0.3 is 0 Å². The fraction of sp³-hybridized carbons (Fsp3) is 0.111. The topological polar surface area (TPSA) is 0 Å². The molecule has 0 spiro atoms. The first-order chi connectivity index (χ1) is 8.77. The van der Waals surface area contributed by atoms with E-state index in [1.165, 1.54) is 33.4 Å². The zero-order valence-electron chi connectivity index (χ0n) is 10.6. The van der Waals surface area contributed by atoms with E-state index >= 15 is 0 Å². The molecule has 3 rings (SSSR count). The first kappa shape index (κ1) is 11.0. The average Bonchev–Trinajstić information content (AvgIpc) is 2.77. The molecule has 1 aliphatic rings. The molecule has 0 aliphatic heterocycles. The Kier molecular flexibility index (Phi) is 2.64. The quantitative estimate of drug-likeness (QED) is 0.666. The second kappa shape index (κ2) is 4.30. The predicted molar refractivity (Wildman–Crippen MR) is 78.2 cm³/mol. The molecule has 1 aliphatic carbocycles. The van der Waals surface area contributed by atoms with Gasteiger partial charge in [0.1, 0.15) is 0 Å². The first-order valence-electron chi connectivity index (χ1n) is 6.30. The van der Waals surface area contributed by atoms with E-state index in [1.54, 1.807) is 0 Å². The van der Waals surface area contributed by atoms with E-state index in [-0.39, 0.29) is 0 Å². The predicted octanol–water partition coefficient (Wildman–Crippen LogP) is 4.73. The SMILES string of the molecule is C=C1/C(=C(\C)c2ccccc2)Cc2ccccc21. The lowest BCUT2D eigenvalue weighted by Crippen LogP contribution is -1.87. The molecule has 0 saturated heterocycles. The minimum Gasteiger partial charge on any atom is -0.0909 e. The van der Waals surface area contributed by atoms with Crippen molar-refractivity contribution in [1.29, 1.82) is 0 Å². The number of allylic oxidation sites excluding steroid dienone is 3. The van der Waals surface area contributed by atoms with Crippen molar-refractivity contribution < 1.29 is 0 Å². The number of hydrogen-bond donors (Lipinski definition) is 0. The van der Waals surface area contributed by atoms with Gasteiger partial charge in [0.2, 0.25) is 0 Å². The molecular weight excluding hydrogens is 216 g/mol. The Hall–Kier alpha value is -2.08. The number of hydrogen-bond acceptors (Lipinski definition) is 0. The van der Waals surface area contributed by atoms with E-state index < -0.39 is 0 Å². The zero-order chi connectivity index (χ0) is 12.5. The number of benzene rings is 2. The third kappa shape index (κ3) is 1.70. The summed E-state index contributed by atoms with van der Waals surface area (Å²) in [5, 5.41) is 0. The van der Waals surface area contributed by atoms with Gasteiger partial charge in [-0.2, -0.15) is 0 Å². The van der Waals surface area contributed by atoms with Crippen LogP contribution in [-0.4, -0.2) is 0 Å². The van der Waals surface area contributed by atoms with Crippen molar-refractivity contribution in [2.75, 3.05) is 0 Å². The molecule has 2 aromatic carbocycles. The highest BCUT2D eigenvalue weighted by atomic mass is 14.2. The molecule has 88 valence electrons. The van der Waals surface area contributed by atoms with Crippen LogP contribution in [0.15, 0.2) is 66.7 Å². The molecule has 0 heteroatoms. The van der Waals surface area contributed by atoms with Crippen LogP contribution in [0.1, 0.15) is 23.6 Å². The first-order valence-corrected chi connectivity index (χ1v) is 6.30. The summed E-state index contributed by atoms with van der Waals surface area (Å²) in [6, 6.07) is 19.1. The van der Waals surface area contributed by atoms with Crippen LogP contribution < -0.4 is 0 Å². The highest BCUT2D eigenvalue weighted by molar-refractivity contribution is 5.92. The Morgan fingerprint density at radius 3 is 2.33 bits per heavy atom. The Morgan fingerprint density at radius 2 is 1.61 bits per heavy atom. The summed E-state index contributed by atoms with van der Waals surface area (Å²) in [5.41, 5.74) is 7.91. The maximum Gasteiger partial charge on any atom is -0.00108 e. The monoisotopic (exact) mass is 232 g/mol. The molecule has 0 unspecified atom stereocenters. The lowest BCUT2D eigenvalue weighted by molar-refractivity contribution is 1.26. The van der Waals surface area contributed by atoms with E-state index in [2.05, 4.69) is 68.1 Å².